The second kappa shape index (κ2) is 3.34. The van der Waals surface area contributed by atoms with Crippen LogP contribution in [0.1, 0.15) is 12.8 Å². The molecule has 1 aliphatic heterocycles. The van der Waals surface area contributed by atoms with Gasteiger partial charge in [0.05, 0.1) is 0 Å². The lowest BCUT2D eigenvalue weighted by molar-refractivity contribution is -0.471. The van der Waals surface area contributed by atoms with E-state index in [1.54, 1.807) is 18.7 Å². The monoisotopic (exact) mass is 171 g/mol. The van der Waals surface area contributed by atoms with E-state index in [1.165, 1.54) is 6.40 Å². The minimum Gasteiger partial charge on any atom is -0.312 e. The summed E-state index contributed by atoms with van der Waals surface area (Å²) in [6, 6.07) is 0. The summed E-state index contributed by atoms with van der Waals surface area (Å²) in [7, 11) is 3.48. The average Bonchev–Trinajstić information content (AvgIpc) is 2.28. The van der Waals surface area contributed by atoms with Crippen molar-refractivity contribution in [2.24, 2.45) is 0 Å². The molecule has 0 saturated carbocycles. The molecule has 1 fully saturated rings. The van der Waals surface area contributed by atoms with Gasteiger partial charge in [-0.1, -0.05) is 0 Å². The predicted octanol–water partition coefficient (Wildman–Crippen LogP) is -0.633. The Morgan fingerprint density at radius 2 is 1.83 bits per heavy atom. The number of amides is 2. The van der Waals surface area contributed by atoms with Gasteiger partial charge in [0.2, 0.25) is 0 Å². The lowest BCUT2D eigenvalue weighted by Gasteiger charge is -2.07. The summed E-state index contributed by atoms with van der Waals surface area (Å²) in [5.41, 5.74) is 0. The first-order valence-electron chi connectivity index (χ1n) is 3.63. The van der Waals surface area contributed by atoms with Gasteiger partial charge in [0.1, 0.15) is 14.1 Å². The van der Waals surface area contributed by atoms with Gasteiger partial charge in [-0.2, -0.15) is 0 Å². The average molecular weight is 171 g/mol. The van der Waals surface area contributed by atoms with Crippen molar-refractivity contribution in [1.82, 2.24) is 5.06 Å². The van der Waals surface area contributed by atoms with Gasteiger partial charge in [-0.05, 0) is 0 Å². The van der Waals surface area contributed by atoms with E-state index in [1.807, 2.05) is 0 Å². The summed E-state index contributed by atoms with van der Waals surface area (Å²) in [4.78, 5) is 26.7. The molecule has 0 radical (unpaired) electrons. The van der Waals surface area contributed by atoms with Crippen molar-refractivity contribution in [2.45, 2.75) is 12.8 Å². The Kier molecular flexibility index (Phi) is 2.42. The minimum absolute atomic E-state index is 0.250. The van der Waals surface area contributed by atoms with Crippen LogP contribution < -0.4 is 0 Å². The Labute approximate surface area is 70.2 Å². The number of carbonyl (C=O) groups is 2. The Balaban J connectivity index is 2.56. The Bertz CT molecular complexity index is 227. The zero-order valence-corrected chi connectivity index (χ0v) is 7.11. The lowest BCUT2D eigenvalue weighted by Crippen LogP contribution is -2.29. The van der Waals surface area contributed by atoms with E-state index in [-0.39, 0.29) is 24.7 Å². The van der Waals surface area contributed by atoms with E-state index < -0.39 is 0 Å². The molecule has 0 atom stereocenters. The molecular formula is C7H11N2O3+. The van der Waals surface area contributed by atoms with E-state index in [4.69, 9.17) is 4.84 Å². The van der Waals surface area contributed by atoms with Crippen LogP contribution in [-0.4, -0.2) is 41.9 Å². The smallest absolute Gasteiger partial charge is 0.312 e. The van der Waals surface area contributed by atoms with Gasteiger partial charge in [-0.3, -0.25) is 9.59 Å². The number of hydroxylamine groups is 2. The van der Waals surface area contributed by atoms with Gasteiger partial charge in [0.25, 0.3) is 11.8 Å². The number of carbonyl (C=O) groups excluding carboxylic acids is 2. The second-order valence-corrected chi connectivity index (χ2v) is 2.76. The molecule has 0 bridgehead atoms. The maximum absolute atomic E-state index is 10.9. The zero-order chi connectivity index (χ0) is 9.14. The van der Waals surface area contributed by atoms with Crippen LogP contribution in [0.4, 0.5) is 0 Å². The van der Waals surface area contributed by atoms with Crippen molar-refractivity contribution in [3.63, 3.8) is 0 Å². The largest absolute Gasteiger partial charge is 0.349 e. The van der Waals surface area contributed by atoms with Crippen molar-refractivity contribution in [3.05, 3.63) is 0 Å². The van der Waals surface area contributed by atoms with Gasteiger partial charge in [0, 0.05) is 12.8 Å². The molecule has 5 heteroatoms. The van der Waals surface area contributed by atoms with E-state index in [9.17, 15) is 9.59 Å². The molecule has 1 aliphatic rings. The maximum Gasteiger partial charge on any atom is 0.349 e. The van der Waals surface area contributed by atoms with Crippen LogP contribution >= 0.6 is 0 Å². The predicted molar refractivity (Wildman–Crippen MR) is 40.3 cm³/mol. The summed E-state index contributed by atoms with van der Waals surface area (Å²) in [6.45, 7) is 0. The summed E-state index contributed by atoms with van der Waals surface area (Å²) in [5.74, 6) is -0.559. The number of imide groups is 1. The van der Waals surface area contributed by atoms with E-state index in [0.29, 0.717) is 0 Å². The molecular weight excluding hydrogens is 160 g/mol. The van der Waals surface area contributed by atoms with E-state index in [2.05, 4.69) is 0 Å². The van der Waals surface area contributed by atoms with Crippen molar-refractivity contribution in [2.75, 3.05) is 14.1 Å². The first-order chi connectivity index (χ1) is 5.61. The van der Waals surface area contributed by atoms with Gasteiger partial charge in [-0.25, -0.2) is 4.58 Å². The number of nitrogens with zero attached hydrogens (tertiary/aromatic N) is 2. The SMILES string of the molecule is C[N+](C)=CON1C(=O)CCC1=O. The van der Waals surface area contributed by atoms with Crippen LogP contribution in [0.5, 0.6) is 0 Å². The maximum atomic E-state index is 10.9. The molecule has 0 spiro atoms. The van der Waals surface area contributed by atoms with Crippen LogP contribution in [0.3, 0.4) is 0 Å². The molecule has 66 valence electrons. The van der Waals surface area contributed by atoms with Crippen LogP contribution in [0.15, 0.2) is 0 Å². The van der Waals surface area contributed by atoms with Crippen molar-refractivity contribution >= 4 is 18.2 Å². The van der Waals surface area contributed by atoms with Crippen molar-refractivity contribution in [3.8, 4) is 0 Å². The number of hydrogen-bond donors (Lipinski definition) is 0. The molecule has 1 rings (SSSR count). The highest BCUT2D eigenvalue weighted by Gasteiger charge is 2.31. The normalized spacial score (nSPS) is 16.7. The van der Waals surface area contributed by atoms with Crippen LogP contribution in [0.2, 0.25) is 0 Å². The molecule has 0 unspecified atom stereocenters. The van der Waals surface area contributed by atoms with Crippen LogP contribution in [-0.2, 0) is 14.4 Å². The standard InChI is InChI=1S/C7H11N2O3/c1-8(2)5-12-9-6(10)3-4-7(9)11/h5H,3-4H2,1-2H3/q+1. The van der Waals surface area contributed by atoms with E-state index in [0.717, 1.165) is 5.06 Å². The molecule has 12 heavy (non-hydrogen) atoms. The van der Waals surface area contributed by atoms with E-state index >= 15 is 0 Å². The topological polar surface area (TPSA) is 49.6 Å². The van der Waals surface area contributed by atoms with Gasteiger partial charge < -0.3 is 4.84 Å². The van der Waals surface area contributed by atoms with Crippen LogP contribution in [0, 0.1) is 0 Å². The van der Waals surface area contributed by atoms with Crippen molar-refractivity contribution in [1.29, 1.82) is 0 Å². The molecule has 0 aromatic heterocycles. The summed E-state index contributed by atoms with van der Waals surface area (Å²) >= 11 is 0. The fourth-order valence-electron chi connectivity index (χ4n) is 0.815. The molecule has 0 aliphatic carbocycles. The quantitative estimate of drug-likeness (QED) is 0.240. The third-order valence-corrected chi connectivity index (χ3v) is 1.37. The first kappa shape index (κ1) is 8.70. The Morgan fingerprint density at radius 3 is 2.25 bits per heavy atom. The molecule has 0 N–H and O–H groups in total. The Morgan fingerprint density at radius 1 is 1.33 bits per heavy atom. The molecule has 0 aromatic carbocycles. The first-order valence-corrected chi connectivity index (χ1v) is 3.63. The zero-order valence-electron chi connectivity index (χ0n) is 7.11. The fourth-order valence-corrected chi connectivity index (χ4v) is 0.815. The molecule has 1 saturated heterocycles. The van der Waals surface area contributed by atoms with Crippen LogP contribution in [0.25, 0.3) is 0 Å². The Hall–Kier alpha value is -1.39. The summed E-state index contributed by atoms with van der Waals surface area (Å²) in [5, 5.41) is 0.792. The fraction of sp³-hybridized carbons (Fsp3) is 0.571. The third kappa shape index (κ3) is 1.81. The lowest BCUT2D eigenvalue weighted by atomic mass is 10.4. The van der Waals surface area contributed by atoms with Gasteiger partial charge >= 0.3 is 6.40 Å². The second-order valence-electron chi connectivity index (χ2n) is 2.76. The summed E-state index contributed by atoms with van der Waals surface area (Å²) in [6.07, 6.45) is 1.81. The third-order valence-electron chi connectivity index (χ3n) is 1.37. The minimum atomic E-state index is -0.280. The number of hydrogen-bond acceptors (Lipinski definition) is 3. The highest BCUT2D eigenvalue weighted by atomic mass is 16.7. The van der Waals surface area contributed by atoms with Gasteiger partial charge in [0.15, 0.2) is 0 Å². The van der Waals surface area contributed by atoms with Gasteiger partial charge in [-0.15, -0.1) is 5.06 Å². The number of rotatable bonds is 2. The molecule has 5 nitrogen and oxygen atoms in total. The highest BCUT2D eigenvalue weighted by Crippen LogP contribution is 2.10. The summed E-state index contributed by atoms with van der Waals surface area (Å²) < 4.78 is 1.61. The van der Waals surface area contributed by atoms with Crippen molar-refractivity contribution < 1.29 is 19.0 Å². The molecule has 2 amide bonds. The highest BCUT2D eigenvalue weighted by molar-refractivity contribution is 6.01. The molecule has 0 aromatic rings. The molecule has 1 heterocycles.